The second kappa shape index (κ2) is 6.18. The second-order valence-electron chi connectivity index (χ2n) is 6.12. The number of rotatable bonds is 5. The van der Waals surface area contributed by atoms with E-state index in [9.17, 15) is 4.79 Å². The van der Waals surface area contributed by atoms with Gasteiger partial charge in [-0.3, -0.25) is 4.79 Å². The van der Waals surface area contributed by atoms with E-state index in [2.05, 4.69) is 31.1 Å². The molecule has 0 amide bonds. The topological polar surface area (TPSA) is 46.9 Å². The van der Waals surface area contributed by atoms with Gasteiger partial charge in [0.1, 0.15) is 0 Å². The van der Waals surface area contributed by atoms with Crippen LogP contribution in [0, 0.1) is 0 Å². The molecule has 1 N–H and O–H groups in total. The molecule has 2 aromatic rings. The van der Waals surface area contributed by atoms with Crippen molar-refractivity contribution in [3.63, 3.8) is 0 Å². The summed E-state index contributed by atoms with van der Waals surface area (Å²) in [6.07, 6.45) is 3.45. The molecule has 1 heterocycles. The number of hydrogen-bond donors (Lipinski definition) is 1. The number of unbranched alkanes of at least 4 members (excludes halogenated alkanes) is 1. The minimum absolute atomic E-state index is 0.0209. The van der Waals surface area contributed by atoms with Crippen molar-refractivity contribution in [3.05, 3.63) is 40.8 Å². The van der Waals surface area contributed by atoms with Crippen molar-refractivity contribution in [3.8, 4) is 0 Å². The third kappa shape index (κ3) is 3.90. The molecule has 2 rings (SSSR count). The molecule has 0 saturated carbocycles. The van der Waals surface area contributed by atoms with Crippen LogP contribution in [0.4, 0.5) is 0 Å². The molecule has 1 aromatic carbocycles. The zero-order chi connectivity index (χ0) is 14.6. The molecule has 0 radical (unpaired) electrons. The fourth-order valence-corrected chi connectivity index (χ4v) is 2.20. The van der Waals surface area contributed by atoms with Crippen LogP contribution in [0.3, 0.4) is 0 Å². The Bertz CT molecular complexity index is 625. The van der Waals surface area contributed by atoms with Crippen molar-refractivity contribution in [1.82, 2.24) is 14.9 Å². The zero-order valence-electron chi connectivity index (χ0n) is 12.5. The molecule has 4 nitrogen and oxygen atoms in total. The number of aromatic nitrogens is 2. The largest absolute Gasteiger partial charge is 0.312 e. The molecular weight excluding hydrogens is 250 g/mol. The molecule has 0 fully saturated rings. The van der Waals surface area contributed by atoms with Crippen molar-refractivity contribution >= 4 is 11.0 Å². The maximum Gasteiger partial charge on any atom is 0.269 e. The summed E-state index contributed by atoms with van der Waals surface area (Å²) < 4.78 is 1.82. The first-order chi connectivity index (χ1) is 9.47. The minimum atomic E-state index is -0.0209. The first kappa shape index (κ1) is 14.7. The van der Waals surface area contributed by atoms with Gasteiger partial charge in [0, 0.05) is 12.1 Å². The quantitative estimate of drug-likeness (QED) is 0.852. The number of hydrogen-bond acceptors (Lipinski definition) is 3. The van der Waals surface area contributed by atoms with Gasteiger partial charge in [-0.15, -0.1) is 0 Å². The highest BCUT2D eigenvalue weighted by Gasteiger charge is 2.07. The summed E-state index contributed by atoms with van der Waals surface area (Å²) in [7, 11) is 0. The predicted octanol–water partition coefficient (Wildman–Crippen LogP) is 2.56. The van der Waals surface area contributed by atoms with Crippen molar-refractivity contribution in [2.45, 2.75) is 45.7 Å². The fraction of sp³-hybridized carbons (Fsp3) is 0.500. The van der Waals surface area contributed by atoms with Crippen molar-refractivity contribution in [1.29, 1.82) is 0 Å². The number of nitrogens with zero attached hydrogens (tertiary/aromatic N) is 2. The maximum atomic E-state index is 11.9. The van der Waals surface area contributed by atoms with E-state index in [1.807, 2.05) is 28.8 Å². The molecule has 0 aliphatic carbocycles. The summed E-state index contributed by atoms with van der Waals surface area (Å²) in [6.45, 7) is 8.20. The van der Waals surface area contributed by atoms with E-state index in [1.54, 1.807) is 0 Å². The van der Waals surface area contributed by atoms with Crippen molar-refractivity contribution < 1.29 is 0 Å². The van der Waals surface area contributed by atoms with Crippen molar-refractivity contribution in [2.24, 2.45) is 0 Å². The normalized spacial score (nSPS) is 11.9. The molecule has 0 unspecified atom stereocenters. The van der Waals surface area contributed by atoms with Gasteiger partial charge >= 0.3 is 0 Å². The lowest BCUT2D eigenvalue weighted by atomic mass is 10.1. The first-order valence-corrected chi connectivity index (χ1v) is 7.17. The second-order valence-corrected chi connectivity index (χ2v) is 6.12. The smallest absolute Gasteiger partial charge is 0.269 e. The number of para-hydroxylation sites is 2. The van der Waals surface area contributed by atoms with Crippen LogP contribution in [0.25, 0.3) is 11.0 Å². The van der Waals surface area contributed by atoms with Crippen LogP contribution in [-0.2, 0) is 6.54 Å². The number of fused-ring (bicyclic) bond motifs is 1. The summed E-state index contributed by atoms with van der Waals surface area (Å²) in [6, 6.07) is 7.78. The van der Waals surface area contributed by atoms with Gasteiger partial charge in [-0.05, 0) is 52.3 Å². The molecule has 0 spiro atoms. The van der Waals surface area contributed by atoms with Crippen molar-refractivity contribution in [2.75, 3.05) is 6.54 Å². The number of aryl methyl sites for hydroxylation is 1. The highest BCUT2D eigenvalue weighted by Crippen LogP contribution is 2.09. The van der Waals surface area contributed by atoms with E-state index in [1.165, 1.54) is 6.20 Å². The van der Waals surface area contributed by atoms with Gasteiger partial charge in [0.25, 0.3) is 5.56 Å². The van der Waals surface area contributed by atoms with Crippen LogP contribution in [0.15, 0.2) is 35.3 Å². The highest BCUT2D eigenvalue weighted by molar-refractivity contribution is 5.74. The molecular formula is C16H23N3O. The van der Waals surface area contributed by atoms with E-state index in [-0.39, 0.29) is 11.1 Å². The Morgan fingerprint density at radius 2 is 1.95 bits per heavy atom. The summed E-state index contributed by atoms with van der Waals surface area (Å²) in [4.78, 5) is 16.1. The molecule has 0 aliphatic heterocycles. The van der Waals surface area contributed by atoms with Crippen LogP contribution in [0.2, 0.25) is 0 Å². The summed E-state index contributed by atoms with van der Waals surface area (Å²) in [5, 5.41) is 3.46. The van der Waals surface area contributed by atoms with Gasteiger partial charge in [-0.1, -0.05) is 12.1 Å². The van der Waals surface area contributed by atoms with E-state index < -0.39 is 0 Å². The minimum Gasteiger partial charge on any atom is -0.312 e. The molecule has 0 saturated heterocycles. The van der Waals surface area contributed by atoms with Gasteiger partial charge in [0.2, 0.25) is 0 Å². The number of benzene rings is 1. The lowest BCUT2D eigenvalue weighted by molar-refractivity contribution is 0.414. The summed E-state index contributed by atoms with van der Waals surface area (Å²) >= 11 is 0. The Kier molecular flexibility index (Phi) is 4.55. The Balaban J connectivity index is 2.00. The standard InChI is InChI=1S/C16H23N3O/c1-16(2,3)18-10-6-7-11-19-14-9-5-4-8-13(14)17-12-15(19)20/h4-5,8-9,12,18H,6-7,10-11H2,1-3H3. The molecule has 108 valence electrons. The molecule has 0 atom stereocenters. The Morgan fingerprint density at radius 1 is 1.20 bits per heavy atom. The molecule has 1 aromatic heterocycles. The third-order valence-electron chi connectivity index (χ3n) is 3.22. The molecule has 0 aliphatic rings. The van der Waals surface area contributed by atoms with Crippen LogP contribution in [-0.4, -0.2) is 21.6 Å². The third-order valence-corrected chi connectivity index (χ3v) is 3.22. The van der Waals surface area contributed by atoms with Gasteiger partial charge in [0.05, 0.1) is 17.2 Å². The Labute approximate surface area is 119 Å². The molecule has 20 heavy (non-hydrogen) atoms. The maximum absolute atomic E-state index is 11.9. The summed E-state index contributed by atoms with van der Waals surface area (Å²) in [5.41, 5.74) is 1.93. The molecule has 0 bridgehead atoms. The molecule has 4 heteroatoms. The zero-order valence-corrected chi connectivity index (χ0v) is 12.5. The van der Waals surface area contributed by atoms with Crippen LogP contribution in [0.1, 0.15) is 33.6 Å². The van der Waals surface area contributed by atoms with Gasteiger partial charge < -0.3 is 9.88 Å². The van der Waals surface area contributed by atoms with Crippen LogP contribution >= 0.6 is 0 Å². The van der Waals surface area contributed by atoms with E-state index in [4.69, 9.17) is 0 Å². The Morgan fingerprint density at radius 3 is 2.70 bits per heavy atom. The number of nitrogens with one attached hydrogen (secondary N) is 1. The SMILES string of the molecule is CC(C)(C)NCCCCn1c(=O)cnc2ccccc21. The lowest BCUT2D eigenvalue weighted by Crippen LogP contribution is -2.36. The monoisotopic (exact) mass is 273 g/mol. The van der Waals surface area contributed by atoms with E-state index in [0.717, 1.165) is 37.0 Å². The van der Waals surface area contributed by atoms with Gasteiger partial charge in [0.15, 0.2) is 0 Å². The van der Waals surface area contributed by atoms with E-state index >= 15 is 0 Å². The van der Waals surface area contributed by atoms with Gasteiger partial charge in [-0.2, -0.15) is 0 Å². The van der Waals surface area contributed by atoms with Crippen LogP contribution in [0.5, 0.6) is 0 Å². The predicted molar refractivity (Wildman–Crippen MR) is 83.0 cm³/mol. The lowest BCUT2D eigenvalue weighted by Gasteiger charge is -2.20. The Hall–Kier alpha value is -1.68. The van der Waals surface area contributed by atoms with Crippen LogP contribution < -0.4 is 10.9 Å². The average molecular weight is 273 g/mol. The first-order valence-electron chi connectivity index (χ1n) is 7.17. The highest BCUT2D eigenvalue weighted by atomic mass is 16.1. The van der Waals surface area contributed by atoms with Gasteiger partial charge in [-0.25, -0.2) is 4.98 Å². The summed E-state index contributed by atoms with van der Waals surface area (Å²) in [5.74, 6) is 0. The van der Waals surface area contributed by atoms with E-state index in [0.29, 0.717) is 0 Å². The average Bonchev–Trinajstić information content (AvgIpc) is 2.39. The fourth-order valence-electron chi connectivity index (χ4n) is 2.20.